The van der Waals surface area contributed by atoms with Crippen molar-refractivity contribution >= 4 is 17.6 Å². The Bertz CT molecular complexity index is 479. The number of piperazine rings is 1. The Morgan fingerprint density at radius 2 is 2.00 bits per heavy atom. The summed E-state index contributed by atoms with van der Waals surface area (Å²) in [6.45, 7) is 3.01. The fourth-order valence-corrected chi connectivity index (χ4v) is 2.11. The average Bonchev–Trinajstić information content (AvgIpc) is 2.84. The zero-order chi connectivity index (χ0) is 14.5. The van der Waals surface area contributed by atoms with Gasteiger partial charge in [0.1, 0.15) is 6.54 Å². The molecule has 8 heteroatoms. The van der Waals surface area contributed by atoms with Gasteiger partial charge in [-0.2, -0.15) is 5.10 Å². The van der Waals surface area contributed by atoms with Crippen LogP contribution >= 0.6 is 0 Å². The standard InChI is InChI=1S/C12H19N5O3/c1-20-12(19)9-15-2-4-16(5-3-15)11(18)8-17-7-10(13)6-14-17/h6-7H,2-5,8-9,13H2,1H3. The van der Waals surface area contributed by atoms with E-state index in [2.05, 4.69) is 9.84 Å². The molecule has 2 rings (SSSR count). The number of amides is 1. The van der Waals surface area contributed by atoms with Crippen LogP contribution in [0.4, 0.5) is 5.69 Å². The summed E-state index contributed by atoms with van der Waals surface area (Å²) in [4.78, 5) is 27.0. The van der Waals surface area contributed by atoms with E-state index in [1.54, 1.807) is 11.1 Å². The number of ether oxygens (including phenoxy) is 1. The Morgan fingerprint density at radius 1 is 1.30 bits per heavy atom. The van der Waals surface area contributed by atoms with Gasteiger partial charge in [0.15, 0.2) is 0 Å². The number of methoxy groups -OCH3 is 1. The summed E-state index contributed by atoms with van der Waals surface area (Å²) >= 11 is 0. The molecule has 1 aromatic rings. The van der Waals surface area contributed by atoms with E-state index in [-0.39, 0.29) is 25.0 Å². The fourth-order valence-electron chi connectivity index (χ4n) is 2.11. The van der Waals surface area contributed by atoms with Crippen molar-refractivity contribution < 1.29 is 14.3 Å². The molecule has 0 radical (unpaired) electrons. The maximum absolute atomic E-state index is 12.1. The SMILES string of the molecule is COC(=O)CN1CCN(C(=O)Cn2cc(N)cn2)CC1. The third kappa shape index (κ3) is 3.70. The van der Waals surface area contributed by atoms with Gasteiger partial charge in [-0.05, 0) is 0 Å². The number of carbonyl (C=O) groups is 2. The highest BCUT2D eigenvalue weighted by Crippen LogP contribution is 2.04. The maximum atomic E-state index is 12.1. The molecule has 0 atom stereocenters. The molecule has 8 nitrogen and oxygen atoms in total. The molecular weight excluding hydrogens is 262 g/mol. The number of hydrogen-bond donors (Lipinski definition) is 1. The largest absolute Gasteiger partial charge is 0.468 e. The fraction of sp³-hybridized carbons (Fsp3) is 0.583. The molecular formula is C12H19N5O3. The van der Waals surface area contributed by atoms with E-state index < -0.39 is 0 Å². The van der Waals surface area contributed by atoms with Crippen molar-refractivity contribution in [2.75, 3.05) is 45.6 Å². The van der Waals surface area contributed by atoms with E-state index in [1.165, 1.54) is 18.0 Å². The molecule has 0 spiro atoms. The highest BCUT2D eigenvalue weighted by molar-refractivity contribution is 5.76. The molecule has 110 valence electrons. The summed E-state index contributed by atoms with van der Waals surface area (Å²) in [6, 6.07) is 0. The Hall–Kier alpha value is -2.09. The molecule has 0 aliphatic carbocycles. The average molecular weight is 281 g/mol. The summed E-state index contributed by atoms with van der Waals surface area (Å²) in [5, 5.41) is 3.99. The van der Waals surface area contributed by atoms with Crippen LogP contribution < -0.4 is 5.73 Å². The molecule has 1 amide bonds. The van der Waals surface area contributed by atoms with Gasteiger partial charge in [0.25, 0.3) is 0 Å². The minimum absolute atomic E-state index is 0.00539. The number of nitrogens with two attached hydrogens (primary N) is 1. The van der Waals surface area contributed by atoms with Crippen LogP contribution in [0.1, 0.15) is 0 Å². The van der Waals surface area contributed by atoms with E-state index in [1.807, 2.05) is 4.90 Å². The second kappa shape index (κ2) is 6.38. The second-order valence-electron chi connectivity index (χ2n) is 4.70. The van der Waals surface area contributed by atoms with Gasteiger partial charge in [0, 0.05) is 32.4 Å². The smallest absolute Gasteiger partial charge is 0.319 e. The van der Waals surface area contributed by atoms with Crippen LogP contribution in [0.2, 0.25) is 0 Å². The van der Waals surface area contributed by atoms with Crippen molar-refractivity contribution in [1.82, 2.24) is 19.6 Å². The highest BCUT2D eigenvalue weighted by Gasteiger charge is 2.22. The van der Waals surface area contributed by atoms with Crippen molar-refractivity contribution in [2.45, 2.75) is 6.54 Å². The quantitative estimate of drug-likeness (QED) is 0.695. The third-order valence-corrected chi connectivity index (χ3v) is 3.26. The van der Waals surface area contributed by atoms with Gasteiger partial charge in [-0.3, -0.25) is 19.2 Å². The van der Waals surface area contributed by atoms with E-state index in [0.717, 1.165) is 0 Å². The molecule has 0 saturated carbocycles. The molecule has 0 aromatic carbocycles. The molecule has 1 aliphatic rings. The summed E-state index contributed by atoms with van der Waals surface area (Å²) in [5.74, 6) is -0.248. The maximum Gasteiger partial charge on any atom is 0.319 e. The number of aromatic nitrogens is 2. The Morgan fingerprint density at radius 3 is 2.55 bits per heavy atom. The molecule has 0 unspecified atom stereocenters. The number of hydrogen-bond acceptors (Lipinski definition) is 6. The minimum Gasteiger partial charge on any atom is -0.468 e. The summed E-state index contributed by atoms with van der Waals surface area (Å²) < 4.78 is 6.15. The third-order valence-electron chi connectivity index (χ3n) is 3.26. The van der Waals surface area contributed by atoms with Crippen LogP contribution in [0.3, 0.4) is 0 Å². The predicted molar refractivity (Wildman–Crippen MR) is 71.7 cm³/mol. The number of anilines is 1. The van der Waals surface area contributed by atoms with Crippen LogP contribution in [0.25, 0.3) is 0 Å². The first-order valence-corrected chi connectivity index (χ1v) is 6.43. The van der Waals surface area contributed by atoms with Crippen molar-refractivity contribution in [3.63, 3.8) is 0 Å². The van der Waals surface area contributed by atoms with Crippen molar-refractivity contribution in [1.29, 1.82) is 0 Å². The number of nitrogens with zero attached hydrogens (tertiary/aromatic N) is 4. The van der Waals surface area contributed by atoms with Crippen LogP contribution in [-0.2, 0) is 20.9 Å². The molecule has 0 bridgehead atoms. The Balaban J connectivity index is 1.78. The summed E-state index contributed by atoms with van der Waals surface area (Å²) in [7, 11) is 1.37. The molecule has 1 saturated heterocycles. The minimum atomic E-state index is -0.253. The number of nitrogen functional groups attached to an aromatic ring is 1. The van der Waals surface area contributed by atoms with Crippen LogP contribution in [-0.4, -0.2) is 71.3 Å². The van der Waals surface area contributed by atoms with Gasteiger partial charge in [0.2, 0.25) is 5.91 Å². The van der Waals surface area contributed by atoms with Crippen molar-refractivity contribution in [2.24, 2.45) is 0 Å². The van der Waals surface area contributed by atoms with E-state index >= 15 is 0 Å². The van der Waals surface area contributed by atoms with Crippen molar-refractivity contribution in [3.05, 3.63) is 12.4 Å². The number of esters is 1. The normalized spacial score (nSPS) is 16.1. The van der Waals surface area contributed by atoms with Gasteiger partial charge >= 0.3 is 5.97 Å². The molecule has 1 aliphatic heterocycles. The van der Waals surface area contributed by atoms with Gasteiger partial charge in [-0.25, -0.2) is 0 Å². The number of rotatable bonds is 4. The first-order valence-electron chi connectivity index (χ1n) is 6.43. The van der Waals surface area contributed by atoms with Gasteiger partial charge in [-0.15, -0.1) is 0 Å². The predicted octanol–water partition coefficient (Wildman–Crippen LogP) is -1.22. The Labute approximate surface area is 117 Å². The summed E-state index contributed by atoms with van der Waals surface area (Å²) in [6.07, 6.45) is 3.15. The first kappa shape index (κ1) is 14.3. The molecule has 1 aromatic heterocycles. The lowest BCUT2D eigenvalue weighted by atomic mass is 10.3. The van der Waals surface area contributed by atoms with Crippen LogP contribution in [0, 0.1) is 0 Å². The lowest BCUT2D eigenvalue weighted by Crippen LogP contribution is -2.50. The van der Waals surface area contributed by atoms with E-state index in [4.69, 9.17) is 5.73 Å². The molecule has 1 fully saturated rings. The molecule has 2 N–H and O–H groups in total. The lowest BCUT2D eigenvalue weighted by molar-refractivity contribution is -0.142. The van der Waals surface area contributed by atoms with E-state index in [0.29, 0.717) is 31.9 Å². The first-order chi connectivity index (χ1) is 9.58. The Kier molecular flexibility index (Phi) is 4.57. The monoisotopic (exact) mass is 281 g/mol. The molecule has 20 heavy (non-hydrogen) atoms. The zero-order valence-electron chi connectivity index (χ0n) is 11.5. The summed E-state index contributed by atoms with van der Waals surface area (Å²) in [5.41, 5.74) is 6.09. The lowest BCUT2D eigenvalue weighted by Gasteiger charge is -2.34. The van der Waals surface area contributed by atoms with E-state index in [9.17, 15) is 9.59 Å². The van der Waals surface area contributed by atoms with Gasteiger partial charge in [0.05, 0.1) is 25.5 Å². The molecule has 2 heterocycles. The van der Waals surface area contributed by atoms with Crippen LogP contribution in [0.15, 0.2) is 12.4 Å². The zero-order valence-corrected chi connectivity index (χ0v) is 11.5. The van der Waals surface area contributed by atoms with Gasteiger partial charge in [-0.1, -0.05) is 0 Å². The highest BCUT2D eigenvalue weighted by atomic mass is 16.5. The van der Waals surface area contributed by atoms with Crippen LogP contribution in [0.5, 0.6) is 0 Å². The second-order valence-corrected chi connectivity index (χ2v) is 4.70. The number of carbonyl (C=O) groups excluding carboxylic acids is 2. The van der Waals surface area contributed by atoms with Crippen molar-refractivity contribution in [3.8, 4) is 0 Å². The topological polar surface area (TPSA) is 93.7 Å². The van der Waals surface area contributed by atoms with Gasteiger partial charge < -0.3 is 15.4 Å².